The third-order valence-electron chi connectivity index (χ3n) is 3.12. The summed E-state index contributed by atoms with van der Waals surface area (Å²) in [6, 6.07) is 7.75. The Labute approximate surface area is 124 Å². The first kappa shape index (κ1) is 15.4. The molecule has 5 nitrogen and oxygen atoms in total. The number of ether oxygens (including phenoxy) is 2. The van der Waals surface area contributed by atoms with E-state index >= 15 is 0 Å². The molecule has 0 amide bonds. The quantitative estimate of drug-likeness (QED) is 0.852. The molecule has 1 N–H and O–H groups in total. The summed E-state index contributed by atoms with van der Waals surface area (Å²) in [5, 5.41) is 10.2. The lowest BCUT2D eigenvalue weighted by atomic mass is 10.2. The van der Waals surface area contributed by atoms with Crippen LogP contribution in [0.2, 0.25) is 0 Å². The van der Waals surface area contributed by atoms with Gasteiger partial charge in [0.15, 0.2) is 6.10 Å². The molecule has 0 spiro atoms. The van der Waals surface area contributed by atoms with Crippen LogP contribution in [0.3, 0.4) is 0 Å². The highest BCUT2D eigenvalue weighted by atomic mass is 16.5. The first-order chi connectivity index (χ1) is 10.0. The van der Waals surface area contributed by atoms with Gasteiger partial charge in [0, 0.05) is 23.7 Å². The Kier molecular flexibility index (Phi) is 4.85. The highest BCUT2D eigenvalue weighted by Crippen LogP contribution is 2.23. The van der Waals surface area contributed by atoms with Gasteiger partial charge in [-0.15, -0.1) is 0 Å². The number of benzene rings is 1. The predicted molar refractivity (Wildman–Crippen MR) is 80.8 cm³/mol. The van der Waals surface area contributed by atoms with Crippen molar-refractivity contribution in [3.05, 3.63) is 30.5 Å². The fourth-order valence-electron chi connectivity index (χ4n) is 2.26. The third kappa shape index (κ3) is 3.76. The highest BCUT2D eigenvalue weighted by molar-refractivity contribution is 5.82. The van der Waals surface area contributed by atoms with Crippen LogP contribution >= 0.6 is 0 Å². The largest absolute Gasteiger partial charge is 0.491 e. The standard InChI is InChI=1S/C16H21NO4/c1-4-20-15(16(18)19)10-17-8-7-12-9-13(21-11(2)3)5-6-14(12)17/h5-9,11,15H,4,10H2,1-3H3,(H,18,19). The molecule has 2 aromatic rings. The molecule has 1 aromatic carbocycles. The maximum Gasteiger partial charge on any atom is 0.334 e. The number of carbonyl (C=O) groups is 1. The minimum Gasteiger partial charge on any atom is -0.491 e. The molecule has 0 aliphatic carbocycles. The van der Waals surface area contributed by atoms with E-state index in [1.54, 1.807) is 6.92 Å². The molecule has 0 aliphatic rings. The van der Waals surface area contributed by atoms with Crippen LogP contribution < -0.4 is 4.74 Å². The van der Waals surface area contributed by atoms with Crippen molar-refractivity contribution < 1.29 is 19.4 Å². The first-order valence-corrected chi connectivity index (χ1v) is 7.11. The van der Waals surface area contributed by atoms with E-state index in [2.05, 4.69) is 0 Å². The van der Waals surface area contributed by atoms with Crippen LogP contribution in [-0.2, 0) is 16.1 Å². The Bertz CT molecular complexity index is 618. The average Bonchev–Trinajstić information content (AvgIpc) is 2.80. The summed E-state index contributed by atoms with van der Waals surface area (Å²) in [5.41, 5.74) is 0.969. The zero-order valence-corrected chi connectivity index (χ0v) is 12.6. The Morgan fingerprint density at radius 3 is 2.71 bits per heavy atom. The Morgan fingerprint density at radius 1 is 1.33 bits per heavy atom. The zero-order valence-electron chi connectivity index (χ0n) is 12.6. The summed E-state index contributed by atoms with van der Waals surface area (Å²) < 4.78 is 12.8. The number of fused-ring (bicyclic) bond motifs is 1. The van der Waals surface area contributed by atoms with Gasteiger partial charge < -0.3 is 19.1 Å². The number of aromatic nitrogens is 1. The summed E-state index contributed by atoms with van der Waals surface area (Å²) in [6.07, 6.45) is 1.16. The van der Waals surface area contributed by atoms with Gasteiger partial charge in [-0.3, -0.25) is 0 Å². The molecule has 2 rings (SSSR count). The molecule has 0 radical (unpaired) electrons. The summed E-state index contributed by atoms with van der Waals surface area (Å²) in [7, 11) is 0. The summed E-state index contributed by atoms with van der Waals surface area (Å²) in [6.45, 7) is 6.42. The topological polar surface area (TPSA) is 60.7 Å². The van der Waals surface area contributed by atoms with Gasteiger partial charge in [-0.25, -0.2) is 4.79 Å². The van der Waals surface area contributed by atoms with E-state index in [-0.39, 0.29) is 12.6 Å². The maximum atomic E-state index is 11.2. The predicted octanol–water partition coefficient (Wildman–Crippen LogP) is 2.92. The lowest BCUT2D eigenvalue weighted by Crippen LogP contribution is -2.28. The molecule has 0 saturated carbocycles. The number of nitrogens with zero attached hydrogens (tertiary/aromatic N) is 1. The van der Waals surface area contributed by atoms with Crippen molar-refractivity contribution in [3.63, 3.8) is 0 Å². The number of hydrogen-bond donors (Lipinski definition) is 1. The second kappa shape index (κ2) is 6.63. The van der Waals surface area contributed by atoms with Crippen LogP contribution in [0.1, 0.15) is 20.8 Å². The SMILES string of the molecule is CCOC(Cn1ccc2cc(OC(C)C)ccc21)C(=O)O. The Hall–Kier alpha value is -2.01. The van der Waals surface area contributed by atoms with E-state index in [0.717, 1.165) is 16.7 Å². The number of carboxylic acids is 1. The molecular formula is C16H21NO4. The molecule has 114 valence electrons. The van der Waals surface area contributed by atoms with E-state index in [1.165, 1.54) is 0 Å². The summed E-state index contributed by atoms with van der Waals surface area (Å²) >= 11 is 0. The van der Waals surface area contributed by atoms with E-state index in [1.807, 2.05) is 48.9 Å². The van der Waals surface area contributed by atoms with Crippen LogP contribution in [0.15, 0.2) is 30.5 Å². The Morgan fingerprint density at radius 2 is 2.10 bits per heavy atom. The van der Waals surface area contributed by atoms with Crippen molar-refractivity contribution in [2.75, 3.05) is 6.61 Å². The number of carboxylic acid groups (broad SMARTS) is 1. The van der Waals surface area contributed by atoms with Crippen LogP contribution in [0.5, 0.6) is 5.75 Å². The molecular weight excluding hydrogens is 270 g/mol. The van der Waals surface area contributed by atoms with E-state index < -0.39 is 12.1 Å². The molecule has 1 aromatic heterocycles. The van der Waals surface area contributed by atoms with Gasteiger partial charge in [0.1, 0.15) is 5.75 Å². The molecule has 0 saturated heterocycles. The Balaban J connectivity index is 2.23. The van der Waals surface area contributed by atoms with Crippen LogP contribution in [0.4, 0.5) is 0 Å². The number of aliphatic carboxylic acids is 1. The maximum absolute atomic E-state index is 11.2. The van der Waals surface area contributed by atoms with E-state index in [9.17, 15) is 4.79 Å². The third-order valence-corrected chi connectivity index (χ3v) is 3.12. The van der Waals surface area contributed by atoms with Gasteiger partial charge in [0.2, 0.25) is 0 Å². The van der Waals surface area contributed by atoms with Crippen molar-refractivity contribution in [3.8, 4) is 5.75 Å². The van der Waals surface area contributed by atoms with Crippen molar-refractivity contribution in [2.45, 2.75) is 39.5 Å². The second-order valence-electron chi connectivity index (χ2n) is 5.14. The molecule has 0 bridgehead atoms. The molecule has 21 heavy (non-hydrogen) atoms. The second-order valence-corrected chi connectivity index (χ2v) is 5.14. The van der Waals surface area contributed by atoms with Crippen LogP contribution in [0, 0.1) is 0 Å². The van der Waals surface area contributed by atoms with Gasteiger partial charge in [-0.05, 0) is 45.0 Å². The molecule has 0 aliphatic heterocycles. The first-order valence-electron chi connectivity index (χ1n) is 7.11. The highest BCUT2D eigenvalue weighted by Gasteiger charge is 2.18. The normalized spacial score (nSPS) is 12.8. The van der Waals surface area contributed by atoms with Gasteiger partial charge in [-0.1, -0.05) is 0 Å². The van der Waals surface area contributed by atoms with Gasteiger partial charge >= 0.3 is 5.97 Å². The molecule has 1 heterocycles. The number of rotatable bonds is 7. The summed E-state index contributed by atoms with van der Waals surface area (Å²) in [5.74, 6) is -0.131. The van der Waals surface area contributed by atoms with Crippen molar-refractivity contribution in [1.82, 2.24) is 4.57 Å². The number of hydrogen-bond acceptors (Lipinski definition) is 3. The van der Waals surface area contributed by atoms with Crippen LogP contribution in [0.25, 0.3) is 10.9 Å². The van der Waals surface area contributed by atoms with Gasteiger partial charge in [0.25, 0.3) is 0 Å². The van der Waals surface area contributed by atoms with E-state index in [0.29, 0.717) is 6.61 Å². The molecule has 1 atom stereocenters. The zero-order chi connectivity index (χ0) is 15.4. The minimum atomic E-state index is -0.946. The lowest BCUT2D eigenvalue weighted by molar-refractivity contribution is -0.150. The monoisotopic (exact) mass is 291 g/mol. The minimum absolute atomic E-state index is 0.124. The molecule has 0 fully saturated rings. The lowest BCUT2D eigenvalue weighted by Gasteiger charge is -2.14. The van der Waals surface area contributed by atoms with Crippen molar-refractivity contribution >= 4 is 16.9 Å². The fourth-order valence-corrected chi connectivity index (χ4v) is 2.26. The van der Waals surface area contributed by atoms with Crippen molar-refractivity contribution in [1.29, 1.82) is 0 Å². The van der Waals surface area contributed by atoms with E-state index in [4.69, 9.17) is 14.6 Å². The summed E-state index contributed by atoms with van der Waals surface area (Å²) in [4.78, 5) is 11.2. The smallest absolute Gasteiger partial charge is 0.334 e. The van der Waals surface area contributed by atoms with Gasteiger partial charge in [0.05, 0.1) is 12.6 Å². The molecule has 5 heteroatoms. The van der Waals surface area contributed by atoms with Crippen molar-refractivity contribution in [2.24, 2.45) is 0 Å². The fraction of sp³-hybridized carbons (Fsp3) is 0.438. The average molecular weight is 291 g/mol. The van der Waals surface area contributed by atoms with Gasteiger partial charge in [-0.2, -0.15) is 0 Å². The van der Waals surface area contributed by atoms with Crippen LogP contribution in [-0.4, -0.2) is 34.5 Å². The molecule has 1 unspecified atom stereocenters.